The van der Waals surface area contributed by atoms with E-state index in [0.29, 0.717) is 30.0 Å². The molecule has 2 aliphatic rings. The molecule has 0 aromatic heterocycles. The normalized spacial score (nSPS) is 17.4. The highest BCUT2D eigenvalue weighted by molar-refractivity contribution is 9.10. The Morgan fingerprint density at radius 1 is 1.10 bits per heavy atom. The van der Waals surface area contributed by atoms with E-state index in [1.807, 2.05) is 30.3 Å². The van der Waals surface area contributed by atoms with Crippen LogP contribution in [-0.2, 0) is 9.59 Å². The number of carbonyl (C=O) groups is 3. The first-order valence-electron chi connectivity index (χ1n) is 9.89. The highest BCUT2D eigenvalue weighted by Gasteiger charge is 2.47. The molecule has 4 rings (SSSR count). The molecule has 0 bridgehead atoms. The molecule has 2 aromatic carbocycles. The largest absolute Gasteiger partial charge is 0.492 e. The predicted molar refractivity (Wildman–Crippen MR) is 114 cm³/mol. The number of carbonyl (C=O) groups excluding carboxylic acids is 3. The van der Waals surface area contributed by atoms with Crippen molar-refractivity contribution in [1.29, 1.82) is 0 Å². The van der Waals surface area contributed by atoms with Crippen LogP contribution in [-0.4, -0.2) is 48.4 Å². The van der Waals surface area contributed by atoms with Gasteiger partial charge in [0.25, 0.3) is 5.91 Å². The Hall–Kier alpha value is -2.87. The van der Waals surface area contributed by atoms with Crippen LogP contribution in [0.5, 0.6) is 5.75 Å². The van der Waals surface area contributed by atoms with Gasteiger partial charge in [0.1, 0.15) is 18.4 Å². The van der Waals surface area contributed by atoms with E-state index in [-0.39, 0.29) is 30.3 Å². The second-order valence-corrected chi connectivity index (χ2v) is 8.22. The third-order valence-corrected chi connectivity index (χ3v) is 5.59. The van der Waals surface area contributed by atoms with Crippen LogP contribution in [0.15, 0.2) is 53.0 Å². The molecule has 156 valence electrons. The van der Waals surface area contributed by atoms with Gasteiger partial charge < -0.3 is 20.3 Å². The quantitative estimate of drug-likeness (QED) is 0.578. The van der Waals surface area contributed by atoms with Gasteiger partial charge in [-0.3, -0.25) is 14.4 Å². The molecule has 1 saturated carbocycles. The molecule has 1 aliphatic carbocycles. The van der Waals surface area contributed by atoms with Crippen LogP contribution in [0.3, 0.4) is 0 Å². The van der Waals surface area contributed by atoms with Crippen molar-refractivity contribution >= 4 is 33.7 Å². The summed E-state index contributed by atoms with van der Waals surface area (Å²) in [6.45, 7) is 0.483. The van der Waals surface area contributed by atoms with Crippen LogP contribution >= 0.6 is 15.9 Å². The maximum Gasteiger partial charge on any atom is 0.255 e. The van der Waals surface area contributed by atoms with E-state index in [1.54, 1.807) is 23.1 Å². The average Bonchev–Trinajstić information content (AvgIpc) is 3.54. The Balaban J connectivity index is 1.26. The van der Waals surface area contributed by atoms with Gasteiger partial charge in [0.15, 0.2) is 0 Å². The molecule has 1 unspecified atom stereocenters. The molecule has 1 atom stereocenters. The standard InChI is InChI=1S/C22H22BrN3O4/c23-14-4-3-5-16(12-14)30-11-10-24-19(27)13-25-21(28)20-17-6-1-2-7-18(17)22(29)26(20)15-8-9-15/h1-7,12,15,20H,8-11,13H2,(H,24,27)(H,25,28). The van der Waals surface area contributed by atoms with Gasteiger partial charge in [0.05, 0.1) is 13.1 Å². The zero-order valence-electron chi connectivity index (χ0n) is 16.3. The molecular weight excluding hydrogens is 450 g/mol. The number of nitrogens with one attached hydrogen (secondary N) is 2. The number of benzene rings is 2. The van der Waals surface area contributed by atoms with Gasteiger partial charge in [-0.15, -0.1) is 0 Å². The molecule has 30 heavy (non-hydrogen) atoms. The molecule has 2 N–H and O–H groups in total. The van der Waals surface area contributed by atoms with Crippen molar-refractivity contribution in [2.75, 3.05) is 19.7 Å². The molecule has 1 heterocycles. The van der Waals surface area contributed by atoms with Crippen molar-refractivity contribution in [3.05, 3.63) is 64.1 Å². The van der Waals surface area contributed by atoms with Crippen LogP contribution in [0.25, 0.3) is 0 Å². The number of ether oxygens (including phenoxy) is 1. The first kappa shape index (κ1) is 20.4. The molecular formula is C22H22BrN3O4. The molecule has 0 spiro atoms. The van der Waals surface area contributed by atoms with Crippen molar-refractivity contribution in [3.63, 3.8) is 0 Å². The van der Waals surface area contributed by atoms with E-state index in [9.17, 15) is 14.4 Å². The molecule has 0 saturated heterocycles. The minimum Gasteiger partial charge on any atom is -0.492 e. The minimum atomic E-state index is -0.672. The maximum absolute atomic E-state index is 12.8. The van der Waals surface area contributed by atoms with Gasteiger partial charge in [0, 0.05) is 16.1 Å². The second kappa shape index (κ2) is 8.87. The van der Waals surface area contributed by atoms with E-state index in [2.05, 4.69) is 26.6 Å². The van der Waals surface area contributed by atoms with Crippen LogP contribution in [0, 0.1) is 0 Å². The molecule has 1 fully saturated rings. The van der Waals surface area contributed by atoms with Gasteiger partial charge in [0.2, 0.25) is 11.8 Å². The predicted octanol–water partition coefficient (Wildman–Crippen LogP) is 2.42. The lowest BCUT2D eigenvalue weighted by Gasteiger charge is -2.24. The zero-order valence-corrected chi connectivity index (χ0v) is 17.9. The van der Waals surface area contributed by atoms with E-state index in [1.165, 1.54) is 0 Å². The smallest absolute Gasteiger partial charge is 0.255 e. The van der Waals surface area contributed by atoms with Crippen molar-refractivity contribution in [2.24, 2.45) is 0 Å². The first-order chi connectivity index (χ1) is 14.5. The fourth-order valence-electron chi connectivity index (χ4n) is 3.58. The summed E-state index contributed by atoms with van der Waals surface area (Å²) < 4.78 is 6.48. The highest BCUT2D eigenvalue weighted by Crippen LogP contribution is 2.41. The Bertz CT molecular complexity index is 976. The first-order valence-corrected chi connectivity index (χ1v) is 10.7. The lowest BCUT2D eigenvalue weighted by molar-refractivity contribution is -0.129. The number of nitrogens with zero attached hydrogens (tertiary/aromatic N) is 1. The van der Waals surface area contributed by atoms with E-state index >= 15 is 0 Å². The fourth-order valence-corrected chi connectivity index (χ4v) is 3.95. The number of hydrogen-bond acceptors (Lipinski definition) is 4. The Labute approximate surface area is 182 Å². The summed E-state index contributed by atoms with van der Waals surface area (Å²) in [6.07, 6.45) is 1.81. The van der Waals surface area contributed by atoms with E-state index < -0.39 is 6.04 Å². The summed E-state index contributed by atoms with van der Waals surface area (Å²) in [4.78, 5) is 39.3. The number of halogens is 1. The number of hydrogen-bond donors (Lipinski definition) is 2. The summed E-state index contributed by atoms with van der Waals surface area (Å²) in [5.74, 6) is -0.0448. The third kappa shape index (κ3) is 4.48. The van der Waals surface area contributed by atoms with Crippen molar-refractivity contribution < 1.29 is 19.1 Å². The van der Waals surface area contributed by atoms with Gasteiger partial charge in [-0.25, -0.2) is 0 Å². The summed E-state index contributed by atoms with van der Waals surface area (Å²) in [6, 6.07) is 14.0. The fraction of sp³-hybridized carbons (Fsp3) is 0.318. The monoisotopic (exact) mass is 471 g/mol. The van der Waals surface area contributed by atoms with Crippen LogP contribution in [0.1, 0.15) is 34.8 Å². The lowest BCUT2D eigenvalue weighted by atomic mass is 10.0. The molecule has 7 nitrogen and oxygen atoms in total. The van der Waals surface area contributed by atoms with Crippen LogP contribution in [0.4, 0.5) is 0 Å². The summed E-state index contributed by atoms with van der Waals surface area (Å²) in [7, 11) is 0. The summed E-state index contributed by atoms with van der Waals surface area (Å²) in [5.41, 5.74) is 1.27. The Morgan fingerprint density at radius 2 is 1.90 bits per heavy atom. The Kier molecular flexibility index (Phi) is 6.03. The maximum atomic E-state index is 12.8. The zero-order chi connectivity index (χ0) is 21.1. The number of amides is 3. The van der Waals surface area contributed by atoms with E-state index in [0.717, 1.165) is 17.3 Å². The van der Waals surface area contributed by atoms with Crippen LogP contribution in [0.2, 0.25) is 0 Å². The minimum absolute atomic E-state index is 0.102. The lowest BCUT2D eigenvalue weighted by Crippen LogP contribution is -2.44. The average molecular weight is 472 g/mol. The SMILES string of the molecule is O=C(CNC(=O)C1c2ccccc2C(=O)N1C1CC1)NCCOc1cccc(Br)c1. The number of rotatable bonds is 8. The topological polar surface area (TPSA) is 87.7 Å². The molecule has 8 heteroatoms. The van der Waals surface area contributed by atoms with Crippen LogP contribution < -0.4 is 15.4 Å². The van der Waals surface area contributed by atoms with Gasteiger partial charge >= 0.3 is 0 Å². The van der Waals surface area contributed by atoms with Crippen molar-refractivity contribution in [1.82, 2.24) is 15.5 Å². The third-order valence-electron chi connectivity index (χ3n) is 5.10. The summed E-state index contributed by atoms with van der Waals surface area (Å²) >= 11 is 3.37. The van der Waals surface area contributed by atoms with Crippen molar-refractivity contribution in [3.8, 4) is 5.75 Å². The van der Waals surface area contributed by atoms with Crippen molar-refractivity contribution in [2.45, 2.75) is 24.9 Å². The molecule has 1 aliphatic heterocycles. The van der Waals surface area contributed by atoms with Gasteiger partial charge in [-0.1, -0.05) is 40.2 Å². The summed E-state index contributed by atoms with van der Waals surface area (Å²) in [5, 5.41) is 5.39. The number of fused-ring (bicyclic) bond motifs is 1. The van der Waals surface area contributed by atoms with Gasteiger partial charge in [-0.2, -0.15) is 0 Å². The molecule has 0 radical (unpaired) electrons. The van der Waals surface area contributed by atoms with E-state index in [4.69, 9.17) is 4.74 Å². The van der Waals surface area contributed by atoms with Gasteiger partial charge in [-0.05, 0) is 42.7 Å². The second-order valence-electron chi connectivity index (χ2n) is 7.31. The highest BCUT2D eigenvalue weighted by atomic mass is 79.9. The molecule has 3 amide bonds. The Morgan fingerprint density at radius 3 is 2.67 bits per heavy atom. The molecule has 2 aromatic rings.